The lowest BCUT2D eigenvalue weighted by atomic mass is 10.1. The molecular formula is C25H25F2N7O. The quantitative estimate of drug-likeness (QED) is 0.564. The number of alkyl halides is 2. The molecule has 0 radical (unpaired) electrons. The van der Waals surface area contributed by atoms with E-state index in [1.165, 1.54) is 6.20 Å². The fraction of sp³-hybridized carbons (Fsp3) is 0.360. The summed E-state index contributed by atoms with van der Waals surface area (Å²) in [5, 5.41) is 16.8. The van der Waals surface area contributed by atoms with Gasteiger partial charge in [0.2, 0.25) is 0 Å². The van der Waals surface area contributed by atoms with Gasteiger partial charge in [-0.3, -0.25) is 9.48 Å². The molecule has 0 spiro atoms. The number of fused-ring (bicyclic) bond motifs is 1. The predicted octanol–water partition coefficient (Wildman–Crippen LogP) is 3.03. The Morgan fingerprint density at radius 3 is 2.71 bits per heavy atom. The second-order valence-electron chi connectivity index (χ2n) is 9.28. The summed E-state index contributed by atoms with van der Waals surface area (Å²) in [5.74, 6) is -3.52. The van der Waals surface area contributed by atoms with Crippen molar-refractivity contribution in [3.8, 4) is 6.07 Å². The number of nitrogens with one attached hydrogen (secondary N) is 1. The molecule has 2 fully saturated rings. The average Bonchev–Trinajstić information content (AvgIpc) is 3.25. The minimum absolute atomic E-state index is 0.271. The lowest BCUT2D eigenvalue weighted by Gasteiger charge is -2.22. The highest BCUT2D eigenvalue weighted by Gasteiger charge is 2.71. The summed E-state index contributed by atoms with van der Waals surface area (Å²) < 4.78 is 28.6. The van der Waals surface area contributed by atoms with Crippen LogP contribution in [0.1, 0.15) is 38.3 Å². The smallest absolute Gasteiger partial charge is 0.258 e. The molecule has 1 amide bonds. The van der Waals surface area contributed by atoms with Crippen LogP contribution in [0.2, 0.25) is 0 Å². The summed E-state index contributed by atoms with van der Waals surface area (Å²) >= 11 is 0. The summed E-state index contributed by atoms with van der Waals surface area (Å²) in [6.07, 6.45) is 3.11. The van der Waals surface area contributed by atoms with Gasteiger partial charge in [-0.1, -0.05) is 6.07 Å². The number of amides is 1. The number of nitrogens with zero attached hydrogens (tertiary/aromatic N) is 5. The van der Waals surface area contributed by atoms with E-state index in [4.69, 9.17) is 5.73 Å². The predicted molar refractivity (Wildman–Crippen MR) is 126 cm³/mol. The van der Waals surface area contributed by atoms with E-state index in [9.17, 15) is 18.8 Å². The monoisotopic (exact) mass is 477 g/mol. The number of benzene rings is 1. The Hall–Kier alpha value is -4.00. The Labute approximate surface area is 201 Å². The zero-order valence-electron chi connectivity index (χ0n) is 19.4. The highest BCUT2D eigenvalue weighted by atomic mass is 19.3. The molecule has 8 nitrogen and oxygen atoms in total. The van der Waals surface area contributed by atoms with E-state index in [-0.39, 0.29) is 5.91 Å². The number of aromatic nitrogens is 3. The number of aryl methyl sites for hydroxylation is 2. The number of halogens is 2. The van der Waals surface area contributed by atoms with Gasteiger partial charge in [-0.05, 0) is 48.7 Å². The van der Waals surface area contributed by atoms with Crippen LogP contribution < -0.4 is 16.0 Å². The van der Waals surface area contributed by atoms with Crippen molar-refractivity contribution < 1.29 is 13.6 Å². The van der Waals surface area contributed by atoms with Gasteiger partial charge in [-0.25, -0.2) is 13.8 Å². The number of anilines is 2. The van der Waals surface area contributed by atoms with Crippen LogP contribution in [0, 0.1) is 37.0 Å². The summed E-state index contributed by atoms with van der Waals surface area (Å²) in [6, 6.07) is 9.36. The van der Waals surface area contributed by atoms with Crippen molar-refractivity contribution in [3.63, 3.8) is 0 Å². The molecule has 3 N–H and O–H groups in total. The number of piperidine rings is 1. The molecule has 0 bridgehead atoms. The first kappa shape index (κ1) is 22.8. The first-order valence-corrected chi connectivity index (χ1v) is 11.4. The maximum Gasteiger partial charge on any atom is 0.258 e. The number of carbonyl (C=O) groups excluding carboxylic acids is 1. The molecule has 2 unspecified atom stereocenters. The van der Waals surface area contributed by atoms with E-state index in [1.807, 2.05) is 30.9 Å². The van der Waals surface area contributed by atoms with E-state index < -0.39 is 17.8 Å². The molecule has 2 aliphatic rings. The molecule has 2 aromatic heterocycles. The third-order valence-electron chi connectivity index (χ3n) is 7.01. The van der Waals surface area contributed by atoms with Gasteiger partial charge < -0.3 is 16.0 Å². The molecule has 1 saturated carbocycles. The Morgan fingerprint density at radius 2 is 2.03 bits per heavy atom. The van der Waals surface area contributed by atoms with Crippen molar-refractivity contribution in [2.24, 2.45) is 11.8 Å². The molecule has 5 rings (SSSR count). The van der Waals surface area contributed by atoms with E-state index in [0.717, 1.165) is 28.1 Å². The molecule has 180 valence electrons. The van der Waals surface area contributed by atoms with Crippen molar-refractivity contribution in [2.75, 3.05) is 23.7 Å². The van der Waals surface area contributed by atoms with E-state index >= 15 is 0 Å². The molecule has 1 aliphatic carbocycles. The normalized spacial score (nSPS) is 19.8. The lowest BCUT2D eigenvalue weighted by molar-refractivity contribution is 0.0797. The number of nitriles is 1. The number of nitrogen functional groups attached to an aromatic ring is 1. The molecular weight excluding hydrogens is 452 g/mol. The van der Waals surface area contributed by atoms with Crippen molar-refractivity contribution in [2.45, 2.75) is 32.9 Å². The number of rotatable bonds is 6. The van der Waals surface area contributed by atoms with Crippen molar-refractivity contribution in [1.82, 2.24) is 20.1 Å². The van der Waals surface area contributed by atoms with Crippen LogP contribution in [0.5, 0.6) is 0 Å². The van der Waals surface area contributed by atoms with E-state index in [1.54, 1.807) is 23.0 Å². The van der Waals surface area contributed by atoms with Gasteiger partial charge in [0.25, 0.3) is 11.8 Å². The molecule has 3 heterocycles. The van der Waals surface area contributed by atoms with Gasteiger partial charge in [0.15, 0.2) is 0 Å². The third-order valence-corrected chi connectivity index (χ3v) is 7.01. The number of nitrogens with two attached hydrogens (primary N) is 1. The second kappa shape index (κ2) is 8.34. The van der Waals surface area contributed by atoms with Crippen molar-refractivity contribution in [3.05, 3.63) is 70.2 Å². The summed E-state index contributed by atoms with van der Waals surface area (Å²) in [7, 11) is 0. The highest BCUT2D eigenvalue weighted by molar-refractivity contribution is 5.93. The van der Waals surface area contributed by atoms with Crippen LogP contribution in [0.4, 0.5) is 20.3 Å². The first-order chi connectivity index (χ1) is 16.7. The molecule has 3 aromatic rings. The van der Waals surface area contributed by atoms with Crippen molar-refractivity contribution >= 4 is 17.4 Å². The SMILES string of the molecule is Cc1cc(N)nc(C)c1CNC(=O)c1cnn(Cc2ccc(N3CC4C(C3)C4(F)F)cc2C#N)c1. The van der Waals surface area contributed by atoms with Crippen LogP contribution in [0.15, 0.2) is 36.7 Å². The summed E-state index contributed by atoms with van der Waals surface area (Å²) in [4.78, 5) is 18.8. The van der Waals surface area contributed by atoms with Gasteiger partial charge in [0.1, 0.15) is 5.82 Å². The minimum Gasteiger partial charge on any atom is -0.384 e. The average molecular weight is 478 g/mol. The number of hydrogen-bond donors (Lipinski definition) is 2. The van der Waals surface area contributed by atoms with Gasteiger partial charge in [0, 0.05) is 37.2 Å². The Balaban J connectivity index is 1.23. The van der Waals surface area contributed by atoms with Crippen LogP contribution in [-0.4, -0.2) is 39.7 Å². The van der Waals surface area contributed by atoms with E-state index in [0.29, 0.717) is 43.1 Å². The van der Waals surface area contributed by atoms with Crippen LogP contribution in [0.25, 0.3) is 0 Å². The van der Waals surface area contributed by atoms with Crippen LogP contribution in [0.3, 0.4) is 0 Å². The molecule has 35 heavy (non-hydrogen) atoms. The van der Waals surface area contributed by atoms with Crippen LogP contribution in [-0.2, 0) is 13.1 Å². The molecule has 2 atom stereocenters. The standard InChI is InChI=1S/C25H25F2N7O/c1-14-5-23(29)32-15(2)20(14)9-30-24(35)18-8-31-34(11-18)10-16-3-4-19(6-17(16)7-28)33-12-21-22(13-33)25(21,26)27/h3-6,8,11,21-22H,9-10,12-13H2,1-2H3,(H2,29,32)(H,30,35). The number of pyridine rings is 1. The second-order valence-corrected chi connectivity index (χ2v) is 9.28. The molecule has 1 aromatic carbocycles. The fourth-order valence-electron chi connectivity index (χ4n) is 4.89. The number of carbonyl (C=O) groups is 1. The zero-order chi connectivity index (χ0) is 24.9. The first-order valence-electron chi connectivity index (χ1n) is 11.4. The minimum atomic E-state index is -2.54. The van der Waals surface area contributed by atoms with Gasteiger partial charge >= 0.3 is 0 Å². The lowest BCUT2D eigenvalue weighted by Crippen LogP contribution is -2.27. The van der Waals surface area contributed by atoms with E-state index in [2.05, 4.69) is 21.5 Å². The van der Waals surface area contributed by atoms with Crippen molar-refractivity contribution in [1.29, 1.82) is 5.26 Å². The maximum atomic E-state index is 13.5. The molecule has 1 saturated heterocycles. The Kier molecular flexibility index (Phi) is 5.43. The van der Waals surface area contributed by atoms with Gasteiger partial charge in [-0.15, -0.1) is 0 Å². The highest BCUT2D eigenvalue weighted by Crippen LogP contribution is 2.59. The molecule has 1 aliphatic heterocycles. The Bertz CT molecular complexity index is 1320. The maximum absolute atomic E-state index is 13.5. The van der Waals surface area contributed by atoms with Gasteiger partial charge in [0.05, 0.1) is 41.8 Å². The van der Waals surface area contributed by atoms with Crippen LogP contribution >= 0.6 is 0 Å². The summed E-state index contributed by atoms with van der Waals surface area (Å²) in [5.41, 5.74) is 10.8. The topological polar surface area (TPSA) is 113 Å². The molecule has 10 heteroatoms. The van der Waals surface area contributed by atoms with Gasteiger partial charge in [-0.2, -0.15) is 10.4 Å². The fourth-order valence-corrected chi connectivity index (χ4v) is 4.89. The largest absolute Gasteiger partial charge is 0.384 e. The third kappa shape index (κ3) is 4.18. The Morgan fingerprint density at radius 1 is 1.29 bits per heavy atom. The zero-order valence-corrected chi connectivity index (χ0v) is 19.4. The number of hydrogen-bond acceptors (Lipinski definition) is 6. The summed E-state index contributed by atoms with van der Waals surface area (Å²) in [6.45, 7) is 5.02.